The summed E-state index contributed by atoms with van der Waals surface area (Å²) in [5, 5.41) is 3.33. The van der Waals surface area contributed by atoms with Crippen LogP contribution in [0.1, 0.15) is 48.4 Å². The van der Waals surface area contributed by atoms with Crippen molar-refractivity contribution in [3.8, 4) is 0 Å². The summed E-state index contributed by atoms with van der Waals surface area (Å²) < 4.78 is 1.83. The number of piperidine rings is 1. The molecule has 4 aromatic rings. The number of nitrogens with zero attached hydrogens (tertiary/aromatic N) is 3. The number of anilines is 1. The van der Waals surface area contributed by atoms with Gasteiger partial charge in [-0.2, -0.15) is 0 Å². The predicted molar refractivity (Wildman–Crippen MR) is 147 cm³/mol. The van der Waals surface area contributed by atoms with Gasteiger partial charge in [0, 0.05) is 19.0 Å². The van der Waals surface area contributed by atoms with Gasteiger partial charge in [0.25, 0.3) is 5.56 Å². The van der Waals surface area contributed by atoms with Crippen molar-refractivity contribution in [2.45, 2.75) is 44.7 Å². The van der Waals surface area contributed by atoms with Crippen LogP contribution >= 0.6 is 0 Å². The first kappa shape index (κ1) is 23.5. The number of aromatic nitrogens is 2. The first-order valence-corrected chi connectivity index (χ1v) is 13.3. The van der Waals surface area contributed by atoms with E-state index in [0.717, 1.165) is 35.9 Å². The number of hydrogen-bond acceptors (Lipinski definition) is 4. The van der Waals surface area contributed by atoms with E-state index in [1.807, 2.05) is 59.2 Å². The van der Waals surface area contributed by atoms with Gasteiger partial charge >= 0.3 is 0 Å². The molecule has 1 aliphatic heterocycles. The van der Waals surface area contributed by atoms with E-state index in [4.69, 9.17) is 4.98 Å². The van der Waals surface area contributed by atoms with Crippen LogP contribution in [0.2, 0.25) is 0 Å². The number of para-hydroxylation sites is 2. The summed E-state index contributed by atoms with van der Waals surface area (Å²) in [6.07, 6.45) is 4.61. The zero-order valence-corrected chi connectivity index (χ0v) is 21.0. The molecular weight excluding hydrogens is 460 g/mol. The fraction of sp³-hybridized carbons (Fsp3) is 0.323. The number of fused-ring (bicyclic) bond motifs is 2. The highest BCUT2D eigenvalue weighted by Crippen LogP contribution is 2.30. The Bertz CT molecular complexity index is 1470. The van der Waals surface area contributed by atoms with E-state index in [1.54, 1.807) is 0 Å². The Morgan fingerprint density at radius 3 is 2.46 bits per heavy atom. The lowest BCUT2D eigenvalue weighted by Crippen LogP contribution is -2.44. The average molecular weight is 493 g/mol. The van der Waals surface area contributed by atoms with Gasteiger partial charge in [0.05, 0.1) is 23.6 Å². The molecule has 0 saturated carbocycles. The van der Waals surface area contributed by atoms with Crippen LogP contribution in [0.3, 0.4) is 0 Å². The number of aryl methyl sites for hydroxylation is 1. The van der Waals surface area contributed by atoms with Gasteiger partial charge in [0.1, 0.15) is 0 Å². The van der Waals surface area contributed by atoms with E-state index in [0.29, 0.717) is 38.3 Å². The molecule has 1 aromatic heterocycles. The summed E-state index contributed by atoms with van der Waals surface area (Å²) in [5.74, 6) is 0.571. The molecule has 1 aliphatic carbocycles. The summed E-state index contributed by atoms with van der Waals surface area (Å²) >= 11 is 0. The number of amides is 1. The summed E-state index contributed by atoms with van der Waals surface area (Å²) in [5.41, 5.74) is 5.25. The lowest BCUT2D eigenvalue weighted by Gasteiger charge is -2.33. The molecular formula is C31H32N4O2. The zero-order valence-electron chi connectivity index (χ0n) is 21.0. The zero-order chi connectivity index (χ0) is 25.2. The molecule has 6 rings (SSSR count). The van der Waals surface area contributed by atoms with E-state index in [2.05, 4.69) is 34.5 Å². The largest absolute Gasteiger partial charge is 0.352 e. The molecule has 3 aromatic carbocycles. The molecule has 1 saturated heterocycles. The smallest absolute Gasteiger partial charge is 0.294 e. The van der Waals surface area contributed by atoms with Crippen LogP contribution in [-0.4, -0.2) is 28.5 Å². The van der Waals surface area contributed by atoms with Gasteiger partial charge in [-0.1, -0.05) is 66.7 Å². The molecule has 2 heterocycles. The maximum atomic E-state index is 13.7. The van der Waals surface area contributed by atoms with Crippen molar-refractivity contribution < 1.29 is 4.79 Å². The number of carbonyl (C=O) groups excluding carboxylic acids is 1. The van der Waals surface area contributed by atoms with E-state index >= 15 is 0 Å². The standard InChI is InChI=1S/C31H32N4O2/c36-30(33-26-15-8-12-23-11-4-5-13-25(23)26)24-17-19-34(20-18-24)29-31(37)35(21-22-9-2-1-3-10-22)28-16-7-6-14-27(28)32-29/h1-7,9-11,13-14,16,24,26H,8,12,15,17-21H2,(H,33,36)/t26-/m0/s1. The third kappa shape index (κ3) is 4.76. The van der Waals surface area contributed by atoms with Crippen LogP contribution in [0.5, 0.6) is 0 Å². The molecule has 6 heteroatoms. The number of hydrogen-bond donors (Lipinski definition) is 1. The quantitative estimate of drug-likeness (QED) is 0.432. The van der Waals surface area contributed by atoms with Crippen molar-refractivity contribution in [1.82, 2.24) is 14.9 Å². The van der Waals surface area contributed by atoms with E-state index < -0.39 is 0 Å². The molecule has 0 spiro atoms. The van der Waals surface area contributed by atoms with Crippen molar-refractivity contribution in [2.24, 2.45) is 5.92 Å². The van der Waals surface area contributed by atoms with Crippen LogP contribution in [0.4, 0.5) is 5.82 Å². The van der Waals surface area contributed by atoms with Crippen molar-refractivity contribution in [3.05, 3.63) is 106 Å². The maximum absolute atomic E-state index is 13.7. The molecule has 6 nitrogen and oxygen atoms in total. The highest BCUT2D eigenvalue weighted by Gasteiger charge is 2.30. The molecule has 1 N–H and O–H groups in total. The predicted octanol–water partition coefficient (Wildman–Crippen LogP) is 4.86. The molecule has 1 fully saturated rings. The number of rotatable bonds is 5. The van der Waals surface area contributed by atoms with Gasteiger partial charge in [-0.25, -0.2) is 4.98 Å². The SMILES string of the molecule is O=C(N[C@H]1CCCc2ccccc21)C1CCN(c2nc3ccccc3n(Cc3ccccc3)c2=O)CC1. The minimum absolute atomic E-state index is 0.0441. The number of nitrogens with one attached hydrogen (secondary N) is 1. The van der Waals surface area contributed by atoms with Crippen LogP contribution in [-0.2, 0) is 17.8 Å². The molecule has 2 aliphatic rings. The summed E-state index contributed by atoms with van der Waals surface area (Å²) in [6.45, 7) is 1.79. The molecule has 0 radical (unpaired) electrons. The second-order valence-electron chi connectivity index (χ2n) is 10.2. The van der Waals surface area contributed by atoms with Gasteiger partial charge in [-0.3, -0.25) is 14.2 Å². The normalized spacial score (nSPS) is 17.9. The number of benzene rings is 3. The van der Waals surface area contributed by atoms with E-state index in [1.165, 1.54) is 11.1 Å². The van der Waals surface area contributed by atoms with E-state index in [9.17, 15) is 9.59 Å². The van der Waals surface area contributed by atoms with Gasteiger partial charge < -0.3 is 10.2 Å². The van der Waals surface area contributed by atoms with Gasteiger partial charge in [0.2, 0.25) is 5.91 Å². The second-order valence-corrected chi connectivity index (χ2v) is 10.2. The third-order valence-electron chi connectivity index (χ3n) is 7.87. The Morgan fingerprint density at radius 1 is 0.892 bits per heavy atom. The van der Waals surface area contributed by atoms with Gasteiger partial charge in [0.15, 0.2) is 5.82 Å². The average Bonchev–Trinajstić information content (AvgIpc) is 2.95. The fourth-order valence-corrected chi connectivity index (χ4v) is 5.85. The summed E-state index contributed by atoms with van der Waals surface area (Å²) in [6, 6.07) is 26.4. The van der Waals surface area contributed by atoms with Crippen LogP contribution < -0.4 is 15.8 Å². The summed E-state index contributed by atoms with van der Waals surface area (Å²) in [4.78, 5) is 33.7. The molecule has 1 amide bonds. The highest BCUT2D eigenvalue weighted by molar-refractivity contribution is 5.80. The molecule has 0 bridgehead atoms. The third-order valence-corrected chi connectivity index (χ3v) is 7.87. The number of carbonyl (C=O) groups is 1. The Labute approximate surface area is 217 Å². The second kappa shape index (κ2) is 10.2. The Kier molecular flexibility index (Phi) is 6.47. The van der Waals surface area contributed by atoms with E-state index in [-0.39, 0.29) is 23.4 Å². The first-order chi connectivity index (χ1) is 18.2. The molecule has 1 atom stereocenters. The Balaban J connectivity index is 1.19. The monoisotopic (exact) mass is 492 g/mol. The van der Waals surface area contributed by atoms with Crippen molar-refractivity contribution in [3.63, 3.8) is 0 Å². The van der Waals surface area contributed by atoms with Crippen molar-refractivity contribution >= 4 is 22.8 Å². The van der Waals surface area contributed by atoms with Crippen LogP contribution in [0, 0.1) is 5.92 Å². The van der Waals surface area contributed by atoms with Crippen molar-refractivity contribution in [1.29, 1.82) is 0 Å². The Hall–Kier alpha value is -3.93. The maximum Gasteiger partial charge on any atom is 0.294 e. The lowest BCUT2D eigenvalue weighted by molar-refractivity contribution is -0.126. The Morgan fingerprint density at radius 2 is 1.62 bits per heavy atom. The van der Waals surface area contributed by atoms with Crippen LogP contribution in [0.25, 0.3) is 11.0 Å². The molecule has 188 valence electrons. The minimum Gasteiger partial charge on any atom is -0.352 e. The van der Waals surface area contributed by atoms with Gasteiger partial charge in [-0.05, 0) is 60.9 Å². The first-order valence-electron chi connectivity index (χ1n) is 13.3. The van der Waals surface area contributed by atoms with Crippen LogP contribution in [0.15, 0.2) is 83.7 Å². The fourth-order valence-electron chi connectivity index (χ4n) is 5.85. The summed E-state index contributed by atoms with van der Waals surface area (Å²) in [7, 11) is 0. The minimum atomic E-state index is -0.0794. The molecule has 0 unspecified atom stereocenters. The van der Waals surface area contributed by atoms with Gasteiger partial charge in [-0.15, -0.1) is 0 Å². The topological polar surface area (TPSA) is 67.2 Å². The van der Waals surface area contributed by atoms with Crippen molar-refractivity contribution in [2.75, 3.05) is 18.0 Å². The molecule has 37 heavy (non-hydrogen) atoms. The highest BCUT2D eigenvalue weighted by atomic mass is 16.2. The lowest BCUT2D eigenvalue weighted by atomic mass is 9.87.